The highest BCUT2D eigenvalue weighted by Gasteiger charge is 2.10. The van der Waals surface area contributed by atoms with E-state index in [2.05, 4.69) is 4.98 Å². The Morgan fingerprint density at radius 2 is 1.76 bits per heavy atom. The van der Waals surface area contributed by atoms with Crippen LogP contribution in [0.25, 0.3) is 11.3 Å². The highest BCUT2D eigenvalue weighted by atomic mass is 35.5. The Morgan fingerprint density at radius 1 is 1.00 bits per heavy atom. The van der Waals surface area contributed by atoms with Gasteiger partial charge in [0.1, 0.15) is 5.69 Å². The van der Waals surface area contributed by atoms with Gasteiger partial charge in [0.25, 0.3) is 0 Å². The summed E-state index contributed by atoms with van der Waals surface area (Å²) in [4.78, 5) is 14.9. The molecule has 5 heteroatoms. The summed E-state index contributed by atoms with van der Waals surface area (Å²) in [6, 6.07) is 8.52. The highest BCUT2D eigenvalue weighted by Crippen LogP contribution is 2.33. The first kappa shape index (κ1) is 12.4. The fourth-order valence-electron chi connectivity index (χ4n) is 1.39. The topological polar surface area (TPSA) is 30.0 Å². The Bertz CT molecular complexity index is 584. The van der Waals surface area contributed by atoms with Crippen LogP contribution >= 0.6 is 34.8 Å². The Kier molecular flexibility index (Phi) is 3.67. The summed E-state index contributed by atoms with van der Waals surface area (Å²) < 4.78 is 0. The maximum atomic E-state index is 10.8. The molecule has 0 amide bonds. The number of aromatic nitrogens is 1. The van der Waals surface area contributed by atoms with Crippen molar-refractivity contribution in [3.05, 3.63) is 51.1 Å². The van der Waals surface area contributed by atoms with Crippen molar-refractivity contribution in [2.75, 3.05) is 0 Å². The molecular weight excluding hydrogens is 280 g/mol. The fourth-order valence-corrected chi connectivity index (χ4v) is 1.94. The Balaban J connectivity index is 2.61. The lowest BCUT2D eigenvalue weighted by molar-refractivity contribution is 0.111. The molecule has 2 nitrogen and oxygen atoms in total. The zero-order valence-electron chi connectivity index (χ0n) is 8.45. The van der Waals surface area contributed by atoms with Gasteiger partial charge >= 0.3 is 0 Å². The molecule has 0 unspecified atom stereocenters. The van der Waals surface area contributed by atoms with E-state index >= 15 is 0 Å². The van der Waals surface area contributed by atoms with E-state index < -0.39 is 0 Å². The molecule has 17 heavy (non-hydrogen) atoms. The number of carbonyl (C=O) groups is 1. The number of nitrogens with zero attached hydrogens (tertiary/aromatic N) is 1. The van der Waals surface area contributed by atoms with E-state index in [1.165, 1.54) is 0 Å². The summed E-state index contributed by atoms with van der Waals surface area (Å²) in [5.41, 5.74) is 1.41. The van der Waals surface area contributed by atoms with Crippen molar-refractivity contribution >= 4 is 41.1 Å². The van der Waals surface area contributed by atoms with E-state index in [-0.39, 0.29) is 5.69 Å². The summed E-state index contributed by atoms with van der Waals surface area (Å²) in [5.74, 6) is 0. The molecule has 0 bridgehead atoms. The zero-order valence-corrected chi connectivity index (χ0v) is 10.7. The van der Waals surface area contributed by atoms with Crippen molar-refractivity contribution in [3.63, 3.8) is 0 Å². The third-order valence-electron chi connectivity index (χ3n) is 2.21. The molecule has 0 atom stereocenters. The maximum Gasteiger partial charge on any atom is 0.169 e. The number of pyridine rings is 1. The second-order valence-electron chi connectivity index (χ2n) is 3.28. The first-order valence-electron chi connectivity index (χ1n) is 4.69. The normalized spacial score (nSPS) is 10.3. The summed E-state index contributed by atoms with van der Waals surface area (Å²) >= 11 is 17.8. The number of hydrogen-bond acceptors (Lipinski definition) is 2. The smallest absolute Gasteiger partial charge is 0.169 e. The number of benzene rings is 1. The van der Waals surface area contributed by atoms with Gasteiger partial charge in [0.2, 0.25) is 0 Å². The maximum absolute atomic E-state index is 10.8. The van der Waals surface area contributed by atoms with Crippen LogP contribution < -0.4 is 0 Å². The summed E-state index contributed by atoms with van der Waals surface area (Å²) in [6.45, 7) is 0. The van der Waals surface area contributed by atoms with Crippen molar-refractivity contribution in [1.29, 1.82) is 0 Å². The molecule has 0 radical (unpaired) electrons. The lowest BCUT2D eigenvalue weighted by Crippen LogP contribution is -1.92. The van der Waals surface area contributed by atoms with Crippen LogP contribution in [0, 0.1) is 0 Å². The zero-order chi connectivity index (χ0) is 12.4. The van der Waals surface area contributed by atoms with Crippen molar-refractivity contribution in [2.45, 2.75) is 0 Å². The van der Waals surface area contributed by atoms with Crippen molar-refractivity contribution in [1.82, 2.24) is 4.98 Å². The van der Waals surface area contributed by atoms with Crippen molar-refractivity contribution < 1.29 is 4.79 Å². The van der Waals surface area contributed by atoms with E-state index in [0.29, 0.717) is 32.6 Å². The standard InChI is InChI=1S/C12H6Cl3NO/c13-8-4-5-10(16-11(8)6-17)7-2-1-3-9(14)12(7)15/h1-6H. The highest BCUT2D eigenvalue weighted by molar-refractivity contribution is 6.43. The van der Waals surface area contributed by atoms with Crippen LogP contribution in [-0.2, 0) is 0 Å². The van der Waals surface area contributed by atoms with Gasteiger partial charge in [-0.25, -0.2) is 4.98 Å². The Morgan fingerprint density at radius 3 is 2.47 bits per heavy atom. The fraction of sp³-hybridized carbons (Fsp3) is 0. The van der Waals surface area contributed by atoms with Crippen LogP contribution in [0.15, 0.2) is 30.3 Å². The molecule has 0 aliphatic rings. The largest absolute Gasteiger partial charge is 0.296 e. The van der Waals surface area contributed by atoms with Gasteiger partial charge in [0.05, 0.1) is 20.8 Å². The summed E-state index contributed by atoms with van der Waals surface area (Å²) in [7, 11) is 0. The van der Waals surface area contributed by atoms with Gasteiger partial charge in [-0.15, -0.1) is 0 Å². The van der Waals surface area contributed by atoms with Crippen LogP contribution in [0.5, 0.6) is 0 Å². The Labute approximate surface area is 113 Å². The molecule has 0 fully saturated rings. The van der Waals surface area contributed by atoms with Crippen LogP contribution in [0.2, 0.25) is 15.1 Å². The molecule has 2 aromatic rings. The summed E-state index contributed by atoms with van der Waals surface area (Å²) in [6.07, 6.45) is 0.601. The third-order valence-corrected chi connectivity index (χ3v) is 3.35. The average molecular weight is 287 g/mol. The van der Waals surface area contributed by atoms with Crippen LogP contribution in [0.4, 0.5) is 0 Å². The van der Waals surface area contributed by atoms with Gasteiger partial charge in [-0.2, -0.15) is 0 Å². The van der Waals surface area contributed by atoms with Gasteiger partial charge < -0.3 is 0 Å². The molecule has 0 saturated heterocycles. The second-order valence-corrected chi connectivity index (χ2v) is 4.48. The predicted octanol–water partition coefficient (Wildman–Crippen LogP) is 4.52. The minimum Gasteiger partial charge on any atom is -0.296 e. The SMILES string of the molecule is O=Cc1nc(-c2cccc(Cl)c2Cl)ccc1Cl. The minimum atomic E-state index is 0.181. The molecule has 0 aliphatic heterocycles. The first-order valence-corrected chi connectivity index (χ1v) is 5.83. The monoisotopic (exact) mass is 285 g/mol. The number of hydrogen-bond donors (Lipinski definition) is 0. The number of aldehydes is 1. The van der Waals surface area contributed by atoms with Gasteiger partial charge in [0.15, 0.2) is 6.29 Å². The molecule has 1 aromatic heterocycles. The number of halogens is 3. The van der Waals surface area contributed by atoms with Crippen LogP contribution in [0.1, 0.15) is 10.5 Å². The van der Waals surface area contributed by atoms with Crippen LogP contribution in [-0.4, -0.2) is 11.3 Å². The molecular formula is C12H6Cl3NO. The van der Waals surface area contributed by atoms with E-state index in [9.17, 15) is 4.79 Å². The molecule has 0 N–H and O–H groups in total. The molecule has 0 aliphatic carbocycles. The predicted molar refractivity (Wildman–Crippen MR) is 70.1 cm³/mol. The second kappa shape index (κ2) is 5.05. The number of carbonyl (C=O) groups excluding carboxylic acids is 1. The number of rotatable bonds is 2. The quantitative estimate of drug-likeness (QED) is 0.760. The van der Waals surface area contributed by atoms with E-state index in [1.807, 2.05) is 0 Å². The van der Waals surface area contributed by atoms with E-state index in [0.717, 1.165) is 0 Å². The molecule has 2 rings (SSSR count). The third kappa shape index (κ3) is 2.44. The van der Waals surface area contributed by atoms with E-state index in [1.54, 1.807) is 30.3 Å². The molecule has 0 spiro atoms. The minimum absolute atomic E-state index is 0.181. The van der Waals surface area contributed by atoms with Gasteiger partial charge in [-0.3, -0.25) is 4.79 Å². The van der Waals surface area contributed by atoms with Gasteiger partial charge in [0, 0.05) is 5.56 Å². The lowest BCUT2D eigenvalue weighted by Gasteiger charge is -2.06. The van der Waals surface area contributed by atoms with Crippen molar-refractivity contribution in [2.24, 2.45) is 0 Å². The van der Waals surface area contributed by atoms with Crippen molar-refractivity contribution in [3.8, 4) is 11.3 Å². The lowest BCUT2D eigenvalue weighted by atomic mass is 10.1. The summed E-state index contributed by atoms with van der Waals surface area (Å²) in [5, 5.41) is 1.15. The average Bonchev–Trinajstić information content (AvgIpc) is 2.34. The van der Waals surface area contributed by atoms with Crippen LogP contribution in [0.3, 0.4) is 0 Å². The van der Waals surface area contributed by atoms with Gasteiger partial charge in [-0.1, -0.05) is 46.9 Å². The Hall–Kier alpha value is -1.09. The van der Waals surface area contributed by atoms with E-state index in [4.69, 9.17) is 34.8 Å². The molecule has 1 aromatic carbocycles. The molecule has 0 saturated carbocycles. The first-order chi connectivity index (χ1) is 8.13. The van der Waals surface area contributed by atoms with Gasteiger partial charge in [-0.05, 0) is 18.2 Å². The molecule has 86 valence electrons. The molecule has 1 heterocycles.